The Labute approximate surface area is 174 Å². The maximum absolute atomic E-state index is 10.4. The van der Waals surface area contributed by atoms with Crippen LogP contribution in [0.15, 0.2) is 18.3 Å². The fourth-order valence-corrected chi connectivity index (χ4v) is 3.76. The van der Waals surface area contributed by atoms with Crippen molar-refractivity contribution in [2.75, 3.05) is 60.2 Å². The first kappa shape index (κ1) is 19.9. The monoisotopic (exact) mass is 419 g/mol. The molecule has 156 valence electrons. The van der Waals surface area contributed by atoms with E-state index in [0.29, 0.717) is 86.3 Å². The summed E-state index contributed by atoms with van der Waals surface area (Å²) in [6, 6.07) is 3.59. The third kappa shape index (κ3) is 4.47. The Morgan fingerprint density at radius 1 is 1.28 bits per heavy atom. The van der Waals surface area contributed by atoms with Gasteiger partial charge in [-0.05, 0) is 25.5 Å². The van der Waals surface area contributed by atoms with Crippen molar-refractivity contribution < 1.29 is 9.84 Å². The number of aliphatic hydroxyl groups is 1. The molecule has 2 aliphatic heterocycles. The number of rotatable bonds is 5. The normalized spacial score (nSPS) is 22.2. The van der Waals surface area contributed by atoms with Crippen LogP contribution >= 0.6 is 11.6 Å². The van der Waals surface area contributed by atoms with Gasteiger partial charge in [0.25, 0.3) is 0 Å². The summed E-state index contributed by atoms with van der Waals surface area (Å²) in [5.74, 6) is 1.76. The lowest BCUT2D eigenvalue weighted by atomic mass is 10.1. The first-order chi connectivity index (χ1) is 13.9. The second-order valence-electron chi connectivity index (χ2n) is 7.66. The van der Waals surface area contributed by atoms with E-state index in [4.69, 9.17) is 27.1 Å². The number of anilines is 4. The third-order valence-electron chi connectivity index (χ3n) is 5.22. The highest BCUT2D eigenvalue weighted by Crippen LogP contribution is 2.34. The summed E-state index contributed by atoms with van der Waals surface area (Å²) in [5.41, 5.74) is 6.85. The van der Waals surface area contributed by atoms with Gasteiger partial charge in [0.1, 0.15) is 5.69 Å². The van der Waals surface area contributed by atoms with E-state index in [0.717, 1.165) is 0 Å². The Bertz CT molecular complexity index is 874. The smallest absolute Gasteiger partial charge is 0.229 e. The molecule has 0 aromatic carbocycles. The van der Waals surface area contributed by atoms with Crippen LogP contribution in [-0.2, 0) is 11.3 Å². The van der Waals surface area contributed by atoms with Crippen molar-refractivity contribution in [1.82, 2.24) is 15.0 Å². The Morgan fingerprint density at radius 2 is 2.07 bits per heavy atom. The average Bonchev–Trinajstić information content (AvgIpc) is 3.08. The van der Waals surface area contributed by atoms with Crippen LogP contribution < -0.4 is 20.9 Å². The topological polar surface area (TPSA) is 113 Å². The van der Waals surface area contributed by atoms with Crippen molar-refractivity contribution in [3.8, 4) is 0 Å². The fourth-order valence-electron chi connectivity index (χ4n) is 3.57. The highest BCUT2D eigenvalue weighted by molar-refractivity contribution is 6.31. The van der Waals surface area contributed by atoms with Crippen LogP contribution in [0.1, 0.15) is 19.0 Å². The zero-order valence-electron chi connectivity index (χ0n) is 16.4. The molecule has 0 amide bonds. The summed E-state index contributed by atoms with van der Waals surface area (Å²) < 4.78 is 5.45. The maximum Gasteiger partial charge on any atom is 0.229 e. The van der Waals surface area contributed by atoms with E-state index in [9.17, 15) is 5.11 Å². The van der Waals surface area contributed by atoms with Gasteiger partial charge < -0.3 is 30.7 Å². The molecule has 0 radical (unpaired) electrons. The molecule has 4 rings (SSSR count). The van der Waals surface area contributed by atoms with Crippen LogP contribution in [0.2, 0.25) is 5.02 Å². The number of β-amino-alcohol motifs (C(OH)–C–C–N with tert-alkyl or cyclic N) is 1. The summed E-state index contributed by atoms with van der Waals surface area (Å²) in [5, 5.41) is 14.2. The minimum atomic E-state index is -0.758. The largest absolute Gasteiger partial charge is 0.393 e. The first-order valence-corrected chi connectivity index (χ1v) is 10.1. The highest BCUT2D eigenvalue weighted by Gasteiger charge is 2.34. The number of nitrogens with two attached hydrogens (primary N) is 1. The molecule has 2 aromatic rings. The Hall–Kier alpha value is -2.36. The van der Waals surface area contributed by atoms with Gasteiger partial charge in [-0.25, -0.2) is 0 Å². The molecule has 10 heteroatoms. The summed E-state index contributed by atoms with van der Waals surface area (Å²) in [6.45, 7) is 6.07. The summed E-state index contributed by atoms with van der Waals surface area (Å²) in [6.07, 6.45) is 2.36. The second-order valence-corrected chi connectivity index (χ2v) is 8.07. The molecule has 2 aromatic heterocycles. The van der Waals surface area contributed by atoms with E-state index in [1.54, 1.807) is 18.3 Å². The quantitative estimate of drug-likeness (QED) is 0.663. The van der Waals surface area contributed by atoms with Gasteiger partial charge in [0.2, 0.25) is 5.95 Å². The number of halogens is 1. The second kappa shape index (κ2) is 8.17. The number of pyridine rings is 1. The molecule has 0 unspecified atom stereocenters. The van der Waals surface area contributed by atoms with Gasteiger partial charge in [0.15, 0.2) is 11.6 Å². The summed E-state index contributed by atoms with van der Waals surface area (Å²) >= 11 is 6.22. The minimum Gasteiger partial charge on any atom is -0.393 e. The fraction of sp³-hybridized carbons (Fsp3) is 0.526. The predicted molar refractivity (Wildman–Crippen MR) is 114 cm³/mol. The highest BCUT2D eigenvalue weighted by atomic mass is 35.5. The van der Waals surface area contributed by atoms with Crippen LogP contribution in [-0.4, -0.2) is 65.1 Å². The lowest BCUT2D eigenvalue weighted by Crippen LogP contribution is -2.38. The minimum absolute atomic E-state index is 0.389. The summed E-state index contributed by atoms with van der Waals surface area (Å²) in [4.78, 5) is 17.8. The Morgan fingerprint density at radius 3 is 2.76 bits per heavy atom. The van der Waals surface area contributed by atoms with Gasteiger partial charge >= 0.3 is 0 Å². The molecule has 4 N–H and O–H groups in total. The number of ether oxygens (including phenoxy) is 1. The van der Waals surface area contributed by atoms with Crippen LogP contribution in [0.5, 0.6) is 0 Å². The van der Waals surface area contributed by atoms with E-state index >= 15 is 0 Å². The molecule has 29 heavy (non-hydrogen) atoms. The zero-order valence-corrected chi connectivity index (χ0v) is 17.2. The van der Waals surface area contributed by atoms with Gasteiger partial charge in [0.05, 0.1) is 36.1 Å². The number of hydrogen-bond acceptors (Lipinski definition) is 9. The lowest BCUT2D eigenvalue weighted by Gasteiger charge is -2.29. The molecule has 2 fully saturated rings. The number of hydrogen-bond donors (Lipinski definition) is 3. The molecule has 0 saturated carbocycles. The van der Waals surface area contributed by atoms with E-state index < -0.39 is 5.60 Å². The van der Waals surface area contributed by atoms with Gasteiger partial charge in [-0.3, -0.25) is 4.98 Å². The standard InChI is InChI=1S/C19H26ClN7O2/c1-19(28)4-6-27(12-19)17-15(21)16(23-11-14-13(20)3-2-5-22-14)24-18(25-17)26-7-9-29-10-8-26/h2-3,5,28H,4,6-12,21H2,1H3,(H,23,24,25)/t19-/m0/s1. The van der Waals surface area contributed by atoms with Crippen molar-refractivity contribution in [3.63, 3.8) is 0 Å². The molecule has 0 spiro atoms. The molecular formula is C19H26ClN7O2. The molecule has 2 aliphatic rings. The zero-order chi connectivity index (χ0) is 20.4. The van der Waals surface area contributed by atoms with Crippen LogP contribution in [0.4, 0.5) is 23.3 Å². The number of nitrogen functional groups attached to an aromatic ring is 1. The summed E-state index contributed by atoms with van der Waals surface area (Å²) in [7, 11) is 0. The van der Waals surface area contributed by atoms with Crippen molar-refractivity contribution in [1.29, 1.82) is 0 Å². The number of morpholine rings is 1. The van der Waals surface area contributed by atoms with Gasteiger partial charge in [0, 0.05) is 32.4 Å². The van der Waals surface area contributed by atoms with E-state index in [-0.39, 0.29) is 0 Å². The molecule has 9 nitrogen and oxygen atoms in total. The average molecular weight is 420 g/mol. The van der Waals surface area contributed by atoms with Crippen molar-refractivity contribution in [3.05, 3.63) is 29.0 Å². The lowest BCUT2D eigenvalue weighted by molar-refractivity contribution is 0.0839. The number of aromatic nitrogens is 3. The SMILES string of the molecule is C[C@]1(O)CCN(c2nc(N3CCOCC3)nc(NCc3ncccc3Cl)c2N)C1. The van der Waals surface area contributed by atoms with Crippen LogP contribution in [0.25, 0.3) is 0 Å². The predicted octanol–water partition coefficient (Wildman–Crippen LogP) is 1.52. The van der Waals surface area contributed by atoms with Crippen LogP contribution in [0, 0.1) is 0 Å². The Balaban J connectivity index is 1.65. The van der Waals surface area contributed by atoms with Crippen molar-refractivity contribution in [2.45, 2.75) is 25.5 Å². The first-order valence-electron chi connectivity index (χ1n) is 9.74. The molecule has 2 saturated heterocycles. The van der Waals surface area contributed by atoms with Crippen molar-refractivity contribution >= 4 is 34.9 Å². The van der Waals surface area contributed by atoms with Gasteiger partial charge in [-0.15, -0.1) is 0 Å². The molecule has 0 aliphatic carbocycles. The molecular weight excluding hydrogens is 394 g/mol. The number of nitrogens with one attached hydrogen (secondary N) is 1. The molecule has 0 bridgehead atoms. The van der Waals surface area contributed by atoms with Crippen LogP contribution in [0.3, 0.4) is 0 Å². The number of nitrogens with zero attached hydrogens (tertiary/aromatic N) is 5. The van der Waals surface area contributed by atoms with E-state index in [1.807, 2.05) is 11.8 Å². The Kier molecular flexibility index (Phi) is 5.62. The van der Waals surface area contributed by atoms with E-state index in [1.165, 1.54) is 0 Å². The third-order valence-corrected chi connectivity index (χ3v) is 5.56. The maximum atomic E-state index is 10.4. The van der Waals surface area contributed by atoms with E-state index in [2.05, 4.69) is 20.2 Å². The van der Waals surface area contributed by atoms with Crippen molar-refractivity contribution in [2.24, 2.45) is 0 Å². The van der Waals surface area contributed by atoms with Gasteiger partial charge in [-0.1, -0.05) is 11.6 Å². The van der Waals surface area contributed by atoms with Gasteiger partial charge in [-0.2, -0.15) is 9.97 Å². The molecule has 1 atom stereocenters. The molecule has 4 heterocycles.